The van der Waals surface area contributed by atoms with Crippen LogP contribution in [0, 0.1) is 0 Å². The number of anilines is 2. The first-order valence-electron chi connectivity index (χ1n) is 7.97. The van der Waals surface area contributed by atoms with E-state index in [0.29, 0.717) is 6.04 Å². The van der Waals surface area contributed by atoms with Crippen molar-refractivity contribution >= 4 is 11.4 Å². The first-order chi connectivity index (χ1) is 10.3. The lowest BCUT2D eigenvalue weighted by molar-refractivity contribution is 0.462. The Labute approximate surface area is 125 Å². The molecule has 0 unspecified atom stereocenters. The molecule has 1 fully saturated rings. The van der Waals surface area contributed by atoms with Gasteiger partial charge in [0.1, 0.15) is 0 Å². The summed E-state index contributed by atoms with van der Waals surface area (Å²) in [7, 11) is 0. The number of benzene rings is 1. The molecule has 0 radical (unpaired) electrons. The third kappa shape index (κ3) is 2.28. The van der Waals surface area contributed by atoms with Crippen LogP contribution in [0.25, 0.3) is 0 Å². The molecule has 4 nitrogen and oxygen atoms in total. The summed E-state index contributed by atoms with van der Waals surface area (Å²) in [6.07, 6.45) is 8.48. The second-order valence-electron chi connectivity index (χ2n) is 6.25. The maximum Gasteiger partial charge on any atom is 0.0817 e. The molecule has 21 heavy (non-hydrogen) atoms. The second-order valence-corrected chi connectivity index (χ2v) is 6.25. The van der Waals surface area contributed by atoms with E-state index in [0.717, 1.165) is 30.9 Å². The largest absolute Gasteiger partial charge is 0.397 e. The van der Waals surface area contributed by atoms with E-state index in [1.165, 1.54) is 36.9 Å². The number of hydrogen-bond donors (Lipinski definition) is 1. The van der Waals surface area contributed by atoms with Crippen LogP contribution in [0.5, 0.6) is 0 Å². The van der Waals surface area contributed by atoms with E-state index in [1.807, 2.05) is 12.1 Å². The number of nitrogen functional groups attached to an aromatic ring is 1. The molecule has 4 heteroatoms. The van der Waals surface area contributed by atoms with Gasteiger partial charge in [-0.1, -0.05) is 25.0 Å². The fourth-order valence-electron chi connectivity index (χ4n) is 3.75. The smallest absolute Gasteiger partial charge is 0.0817 e. The van der Waals surface area contributed by atoms with Crippen molar-refractivity contribution in [3.63, 3.8) is 0 Å². The van der Waals surface area contributed by atoms with Crippen LogP contribution in [0.4, 0.5) is 11.4 Å². The Hall–Kier alpha value is -1.97. The maximum atomic E-state index is 6.15. The van der Waals surface area contributed by atoms with Crippen molar-refractivity contribution in [1.82, 2.24) is 9.78 Å². The van der Waals surface area contributed by atoms with Gasteiger partial charge in [0.15, 0.2) is 0 Å². The van der Waals surface area contributed by atoms with Gasteiger partial charge in [-0.2, -0.15) is 5.10 Å². The van der Waals surface area contributed by atoms with Gasteiger partial charge in [-0.15, -0.1) is 0 Å². The van der Waals surface area contributed by atoms with Gasteiger partial charge in [-0.05, 0) is 37.0 Å². The summed E-state index contributed by atoms with van der Waals surface area (Å²) in [5, 5.41) is 4.79. The lowest BCUT2D eigenvalue weighted by Crippen LogP contribution is -2.21. The van der Waals surface area contributed by atoms with Gasteiger partial charge in [-0.25, -0.2) is 0 Å². The maximum absolute atomic E-state index is 6.15. The molecule has 2 aromatic rings. The molecule has 1 aliphatic carbocycles. The van der Waals surface area contributed by atoms with E-state index >= 15 is 0 Å². The zero-order valence-corrected chi connectivity index (χ0v) is 12.3. The zero-order valence-electron chi connectivity index (χ0n) is 12.3. The Morgan fingerprint density at radius 1 is 1.19 bits per heavy atom. The van der Waals surface area contributed by atoms with E-state index in [2.05, 4.69) is 27.9 Å². The van der Waals surface area contributed by atoms with E-state index in [4.69, 9.17) is 10.8 Å². The van der Waals surface area contributed by atoms with Gasteiger partial charge in [0.25, 0.3) is 0 Å². The molecular formula is C17H22N4. The van der Waals surface area contributed by atoms with E-state index in [9.17, 15) is 0 Å². The zero-order chi connectivity index (χ0) is 14.2. The van der Waals surface area contributed by atoms with Crippen LogP contribution in [0.2, 0.25) is 0 Å². The van der Waals surface area contributed by atoms with Crippen LogP contribution in [0.15, 0.2) is 30.5 Å². The normalized spacial score (nSPS) is 18.4. The van der Waals surface area contributed by atoms with E-state index < -0.39 is 0 Å². The molecule has 1 aromatic heterocycles. The summed E-state index contributed by atoms with van der Waals surface area (Å²) in [5.41, 5.74) is 10.8. The van der Waals surface area contributed by atoms with Gasteiger partial charge in [0.2, 0.25) is 0 Å². The molecule has 1 saturated carbocycles. The summed E-state index contributed by atoms with van der Waals surface area (Å²) < 4.78 is 2.17. The highest BCUT2D eigenvalue weighted by molar-refractivity contribution is 5.74. The van der Waals surface area contributed by atoms with Crippen molar-refractivity contribution in [2.75, 3.05) is 17.2 Å². The minimum Gasteiger partial charge on any atom is -0.397 e. The minimum atomic E-state index is 0.620. The number of fused-ring (bicyclic) bond motifs is 1. The first kappa shape index (κ1) is 12.7. The molecule has 2 N–H and O–H groups in total. The highest BCUT2D eigenvalue weighted by Crippen LogP contribution is 2.34. The summed E-state index contributed by atoms with van der Waals surface area (Å²) in [6.45, 7) is 1.90. The van der Waals surface area contributed by atoms with Crippen LogP contribution in [0.1, 0.15) is 43.0 Å². The molecule has 110 valence electrons. The van der Waals surface area contributed by atoms with Gasteiger partial charge < -0.3 is 10.6 Å². The summed E-state index contributed by atoms with van der Waals surface area (Å²) in [5.74, 6) is 0. The van der Waals surface area contributed by atoms with Gasteiger partial charge in [-0.3, -0.25) is 4.68 Å². The Balaban J connectivity index is 1.53. The highest BCUT2D eigenvalue weighted by Gasteiger charge is 2.23. The third-order valence-electron chi connectivity index (χ3n) is 4.83. The van der Waals surface area contributed by atoms with Gasteiger partial charge in [0, 0.05) is 12.7 Å². The van der Waals surface area contributed by atoms with Crippen molar-refractivity contribution in [1.29, 1.82) is 0 Å². The van der Waals surface area contributed by atoms with Crippen molar-refractivity contribution in [3.8, 4) is 0 Å². The molecule has 2 aliphatic rings. The standard InChI is InChI=1S/C17H22N4/c18-16-7-3-4-13-8-10-20(17(13)16)12-14-9-11-21(19-14)15-5-1-2-6-15/h3-4,7,9,11,15H,1-2,5-6,8,10,12,18H2. The van der Waals surface area contributed by atoms with Crippen molar-refractivity contribution < 1.29 is 0 Å². The van der Waals surface area contributed by atoms with E-state index in [1.54, 1.807) is 0 Å². The molecule has 0 bridgehead atoms. The van der Waals surface area contributed by atoms with Crippen LogP contribution in [-0.4, -0.2) is 16.3 Å². The number of hydrogen-bond acceptors (Lipinski definition) is 3. The fraction of sp³-hybridized carbons (Fsp3) is 0.471. The average Bonchev–Trinajstić information content (AvgIpc) is 3.19. The third-order valence-corrected chi connectivity index (χ3v) is 4.83. The number of rotatable bonds is 3. The van der Waals surface area contributed by atoms with Crippen molar-refractivity contribution in [3.05, 3.63) is 41.7 Å². The van der Waals surface area contributed by atoms with Gasteiger partial charge in [0.05, 0.1) is 29.7 Å². The summed E-state index contributed by atoms with van der Waals surface area (Å²) in [6, 6.07) is 9.01. The minimum absolute atomic E-state index is 0.620. The molecule has 2 heterocycles. The molecule has 0 atom stereocenters. The lowest BCUT2D eigenvalue weighted by Gasteiger charge is -2.19. The molecule has 4 rings (SSSR count). The molecule has 1 aliphatic heterocycles. The first-order valence-corrected chi connectivity index (χ1v) is 7.97. The number of para-hydroxylation sites is 1. The molecular weight excluding hydrogens is 260 g/mol. The van der Waals surface area contributed by atoms with E-state index in [-0.39, 0.29) is 0 Å². The predicted molar refractivity (Wildman–Crippen MR) is 85.3 cm³/mol. The number of nitrogens with two attached hydrogens (primary N) is 1. The van der Waals surface area contributed by atoms with Gasteiger partial charge >= 0.3 is 0 Å². The highest BCUT2D eigenvalue weighted by atomic mass is 15.3. The Morgan fingerprint density at radius 3 is 2.90 bits per heavy atom. The number of aromatic nitrogens is 2. The summed E-state index contributed by atoms with van der Waals surface area (Å²) >= 11 is 0. The Morgan fingerprint density at radius 2 is 2.05 bits per heavy atom. The second kappa shape index (κ2) is 5.10. The average molecular weight is 282 g/mol. The van der Waals surface area contributed by atoms with Crippen LogP contribution in [0.3, 0.4) is 0 Å². The summed E-state index contributed by atoms with van der Waals surface area (Å²) in [4.78, 5) is 2.37. The molecule has 0 amide bonds. The van der Waals surface area contributed by atoms with Crippen molar-refractivity contribution in [2.24, 2.45) is 0 Å². The Bertz CT molecular complexity index is 640. The monoisotopic (exact) mass is 282 g/mol. The lowest BCUT2D eigenvalue weighted by atomic mass is 10.1. The topological polar surface area (TPSA) is 47.1 Å². The Kier molecular flexibility index (Phi) is 3.09. The molecule has 0 spiro atoms. The quantitative estimate of drug-likeness (QED) is 0.880. The predicted octanol–water partition coefficient (Wildman–Crippen LogP) is 3.14. The molecule has 0 saturated heterocycles. The van der Waals surface area contributed by atoms with Crippen molar-refractivity contribution in [2.45, 2.75) is 44.7 Å². The SMILES string of the molecule is Nc1cccc2c1N(Cc1ccn(C3CCCC3)n1)CC2. The van der Waals surface area contributed by atoms with Crippen LogP contribution in [-0.2, 0) is 13.0 Å². The number of nitrogens with zero attached hydrogens (tertiary/aromatic N) is 3. The fourth-order valence-corrected chi connectivity index (χ4v) is 3.75. The van der Waals surface area contributed by atoms with Crippen LogP contribution >= 0.6 is 0 Å². The molecule has 1 aromatic carbocycles. The van der Waals surface area contributed by atoms with Crippen LogP contribution < -0.4 is 10.6 Å².